The lowest BCUT2D eigenvalue weighted by molar-refractivity contribution is -0.146. The third-order valence-electron chi connectivity index (χ3n) is 5.19. The standard InChI is InChI=1S/C20H23ClN2O4/c1-20(11-5-4-7-14(20)19(25)26)23-17(24)9-10-18-22-12-16(27-18)13-6-2-3-8-15(13)21/h2-3,6,8,12,14H,4-5,7,9-11H2,1H3,(H,23,24)(H,25,26). The highest BCUT2D eigenvalue weighted by molar-refractivity contribution is 6.33. The summed E-state index contributed by atoms with van der Waals surface area (Å²) in [5, 5.41) is 12.9. The molecule has 0 aliphatic heterocycles. The summed E-state index contributed by atoms with van der Waals surface area (Å²) in [4.78, 5) is 28.1. The maximum Gasteiger partial charge on any atom is 0.308 e. The first kappa shape index (κ1) is 19.4. The van der Waals surface area contributed by atoms with E-state index in [1.165, 1.54) is 0 Å². The van der Waals surface area contributed by atoms with Crippen molar-refractivity contribution in [2.75, 3.05) is 0 Å². The fraction of sp³-hybridized carbons (Fsp3) is 0.450. The lowest BCUT2D eigenvalue weighted by atomic mass is 9.74. The number of aromatic nitrogens is 1. The van der Waals surface area contributed by atoms with Crippen LogP contribution in [0, 0.1) is 5.92 Å². The molecule has 1 amide bonds. The summed E-state index contributed by atoms with van der Waals surface area (Å²) < 4.78 is 5.71. The van der Waals surface area contributed by atoms with Gasteiger partial charge in [-0.05, 0) is 31.9 Å². The smallest absolute Gasteiger partial charge is 0.308 e. The number of halogens is 1. The number of hydrogen-bond acceptors (Lipinski definition) is 4. The van der Waals surface area contributed by atoms with Crippen molar-refractivity contribution in [3.05, 3.63) is 41.4 Å². The molecule has 7 heteroatoms. The van der Waals surface area contributed by atoms with Gasteiger partial charge in [0.05, 0.1) is 22.7 Å². The quantitative estimate of drug-likeness (QED) is 0.775. The SMILES string of the molecule is CC1(NC(=O)CCc2ncc(-c3ccccc3Cl)o2)CCCCC1C(=O)O. The molecule has 1 fully saturated rings. The maximum absolute atomic E-state index is 12.4. The normalized spacial score (nSPS) is 22.4. The highest BCUT2D eigenvalue weighted by atomic mass is 35.5. The molecule has 6 nitrogen and oxygen atoms in total. The van der Waals surface area contributed by atoms with E-state index in [2.05, 4.69) is 10.3 Å². The molecule has 1 saturated carbocycles. The van der Waals surface area contributed by atoms with Crippen LogP contribution in [0.2, 0.25) is 5.02 Å². The third kappa shape index (κ3) is 4.50. The first-order valence-corrected chi connectivity index (χ1v) is 9.50. The van der Waals surface area contributed by atoms with E-state index in [-0.39, 0.29) is 12.3 Å². The number of nitrogens with zero attached hydrogens (tertiary/aromatic N) is 1. The Morgan fingerprint density at radius 2 is 2.15 bits per heavy atom. The highest BCUT2D eigenvalue weighted by Crippen LogP contribution is 2.34. The van der Waals surface area contributed by atoms with Crippen LogP contribution in [-0.4, -0.2) is 27.5 Å². The number of benzene rings is 1. The number of carboxylic acids is 1. The van der Waals surface area contributed by atoms with Crippen molar-refractivity contribution >= 4 is 23.5 Å². The lowest BCUT2D eigenvalue weighted by Gasteiger charge is -2.39. The fourth-order valence-electron chi connectivity index (χ4n) is 3.69. The highest BCUT2D eigenvalue weighted by Gasteiger charge is 2.42. The zero-order valence-corrected chi connectivity index (χ0v) is 16.0. The number of rotatable bonds is 6. The molecule has 0 bridgehead atoms. The summed E-state index contributed by atoms with van der Waals surface area (Å²) in [5.41, 5.74) is 0.0434. The number of aryl methyl sites for hydroxylation is 1. The Bertz CT molecular complexity index is 835. The molecule has 2 N–H and O–H groups in total. The van der Waals surface area contributed by atoms with E-state index in [9.17, 15) is 14.7 Å². The van der Waals surface area contributed by atoms with Crippen LogP contribution in [-0.2, 0) is 16.0 Å². The van der Waals surface area contributed by atoms with Crippen LogP contribution in [0.5, 0.6) is 0 Å². The Hall–Kier alpha value is -2.34. The molecule has 2 unspecified atom stereocenters. The largest absolute Gasteiger partial charge is 0.481 e. The number of hydrogen-bond donors (Lipinski definition) is 2. The molecule has 3 rings (SSSR count). The molecular weight excluding hydrogens is 368 g/mol. The monoisotopic (exact) mass is 390 g/mol. The maximum atomic E-state index is 12.4. The van der Waals surface area contributed by atoms with Crippen molar-refractivity contribution in [3.63, 3.8) is 0 Å². The number of oxazole rings is 1. The fourth-order valence-corrected chi connectivity index (χ4v) is 3.92. The van der Waals surface area contributed by atoms with Crippen LogP contribution >= 0.6 is 11.6 Å². The average molecular weight is 391 g/mol. The molecule has 1 aliphatic carbocycles. The number of amides is 1. The molecule has 1 aromatic carbocycles. The van der Waals surface area contributed by atoms with Crippen LogP contribution in [0.3, 0.4) is 0 Å². The Morgan fingerprint density at radius 1 is 1.37 bits per heavy atom. The van der Waals surface area contributed by atoms with E-state index in [4.69, 9.17) is 16.0 Å². The molecule has 2 atom stereocenters. The molecule has 1 heterocycles. The number of aliphatic carboxylic acids is 1. The third-order valence-corrected chi connectivity index (χ3v) is 5.52. The van der Waals surface area contributed by atoms with Crippen LogP contribution in [0.15, 0.2) is 34.9 Å². The van der Waals surface area contributed by atoms with E-state index < -0.39 is 17.4 Å². The van der Waals surface area contributed by atoms with Crippen LogP contribution in [0.25, 0.3) is 11.3 Å². The molecule has 0 saturated heterocycles. The summed E-state index contributed by atoms with van der Waals surface area (Å²) in [6.07, 6.45) is 5.18. The number of nitrogens with one attached hydrogen (secondary N) is 1. The van der Waals surface area contributed by atoms with E-state index in [1.807, 2.05) is 25.1 Å². The van der Waals surface area contributed by atoms with E-state index in [0.29, 0.717) is 35.9 Å². The van der Waals surface area contributed by atoms with Gasteiger partial charge in [-0.2, -0.15) is 0 Å². The van der Waals surface area contributed by atoms with Gasteiger partial charge in [-0.1, -0.05) is 36.6 Å². The Kier molecular flexibility index (Phi) is 5.85. The predicted molar refractivity (Wildman–Crippen MR) is 101 cm³/mol. The number of carboxylic acid groups (broad SMARTS) is 1. The Labute approximate surface area is 162 Å². The van der Waals surface area contributed by atoms with Gasteiger partial charge in [0.15, 0.2) is 11.7 Å². The van der Waals surface area contributed by atoms with Gasteiger partial charge in [0.25, 0.3) is 0 Å². The van der Waals surface area contributed by atoms with Crippen molar-refractivity contribution in [1.29, 1.82) is 0 Å². The molecule has 144 valence electrons. The van der Waals surface area contributed by atoms with Crippen molar-refractivity contribution in [2.45, 2.75) is 51.0 Å². The summed E-state index contributed by atoms with van der Waals surface area (Å²) in [6, 6.07) is 7.32. The van der Waals surface area contributed by atoms with Crippen LogP contribution in [0.4, 0.5) is 0 Å². The Balaban J connectivity index is 1.60. The molecule has 1 aromatic heterocycles. The minimum atomic E-state index is -0.852. The second-order valence-electron chi connectivity index (χ2n) is 7.20. The molecule has 27 heavy (non-hydrogen) atoms. The van der Waals surface area contributed by atoms with E-state index in [1.54, 1.807) is 12.3 Å². The first-order valence-electron chi connectivity index (χ1n) is 9.12. The van der Waals surface area contributed by atoms with Crippen molar-refractivity contribution < 1.29 is 19.1 Å². The molecule has 0 spiro atoms. The second kappa shape index (κ2) is 8.13. The Morgan fingerprint density at radius 3 is 2.89 bits per heavy atom. The molecule has 2 aromatic rings. The predicted octanol–water partition coefficient (Wildman–Crippen LogP) is 4.08. The number of carbonyl (C=O) groups excluding carboxylic acids is 1. The summed E-state index contributed by atoms with van der Waals surface area (Å²) in [6.45, 7) is 1.82. The molecular formula is C20H23ClN2O4. The second-order valence-corrected chi connectivity index (χ2v) is 7.61. The van der Waals surface area contributed by atoms with E-state index in [0.717, 1.165) is 18.4 Å². The van der Waals surface area contributed by atoms with Crippen LogP contribution < -0.4 is 5.32 Å². The summed E-state index contributed by atoms with van der Waals surface area (Å²) >= 11 is 6.16. The van der Waals surface area contributed by atoms with Crippen LogP contribution in [0.1, 0.15) is 44.9 Å². The number of carbonyl (C=O) groups is 2. The van der Waals surface area contributed by atoms with Gasteiger partial charge >= 0.3 is 5.97 Å². The summed E-state index contributed by atoms with van der Waals surface area (Å²) in [7, 11) is 0. The van der Waals surface area contributed by atoms with Gasteiger partial charge in [0.1, 0.15) is 0 Å². The topological polar surface area (TPSA) is 92.4 Å². The minimum absolute atomic E-state index is 0.185. The average Bonchev–Trinajstić information content (AvgIpc) is 3.09. The zero-order valence-electron chi connectivity index (χ0n) is 15.2. The minimum Gasteiger partial charge on any atom is -0.481 e. The van der Waals surface area contributed by atoms with Gasteiger partial charge in [0.2, 0.25) is 5.91 Å². The van der Waals surface area contributed by atoms with Crippen molar-refractivity contribution in [1.82, 2.24) is 10.3 Å². The van der Waals surface area contributed by atoms with Gasteiger partial charge < -0.3 is 14.8 Å². The van der Waals surface area contributed by atoms with Gasteiger partial charge in [-0.15, -0.1) is 0 Å². The summed E-state index contributed by atoms with van der Waals surface area (Å²) in [5.74, 6) is -0.591. The first-order chi connectivity index (χ1) is 12.9. The van der Waals surface area contributed by atoms with Crippen molar-refractivity contribution in [3.8, 4) is 11.3 Å². The van der Waals surface area contributed by atoms with Gasteiger partial charge in [0, 0.05) is 18.4 Å². The zero-order chi connectivity index (χ0) is 19.4. The van der Waals surface area contributed by atoms with Gasteiger partial charge in [-0.3, -0.25) is 9.59 Å². The molecule has 0 radical (unpaired) electrons. The lowest BCUT2D eigenvalue weighted by Crippen LogP contribution is -2.55. The van der Waals surface area contributed by atoms with Gasteiger partial charge in [-0.25, -0.2) is 4.98 Å². The molecule has 1 aliphatic rings. The van der Waals surface area contributed by atoms with E-state index >= 15 is 0 Å². The van der Waals surface area contributed by atoms with Crippen molar-refractivity contribution in [2.24, 2.45) is 5.92 Å².